The molecule has 1 aliphatic heterocycles. The Labute approximate surface area is 191 Å². The van der Waals surface area contributed by atoms with E-state index < -0.39 is 23.7 Å². The first-order valence-corrected chi connectivity index (χ1v) is 11.8. The fraction of sp³-hybridized carbons (Fsp3) is 0.692. The fourth-order valence-electron chi connectivity index (χ4n) is 7.07. The number of aliphatic hydroxyl groups excluding tert-OH is 2. The number of aliphatic hydroxyl groups is 2. The van der Waals surface area contributed by atoms with Crippen molar-refractivity contribution in [3.05, 3.63) is 35.1 Å². The molecule has 6 heteroatoms. The maximum Gasteiger partial charge on any atom is 0.303 e. The molecule has 32 heavy (non-hydrogen) atoms. The number of carboxylic acid groups (broad SMARTS) is 1. The molecule has 3 rings (SSSR count). The van der Waals surface area contributed by atoms with Crippen LogP contribution >= 0.6 is 0 Å². The smallest absolute Gasteiger partial charge is 0.303 e. The van der Waals surface area contributed by atoms with Gasteiger partial charge >= 0.3 is 5.97 Å². The third-order valence-electron chi connectivity index (χ3n) is 8.44. The molecule has 2 aliphatic carbocycles. The maximum absolute atomic E-state index is 13.4. The van der Waals surface area contributed by atoms with Crippen molar-refractivity contribution in [1.29, 1.82) is 0 Å². The topological polar surface area (TPSA) is 98.1 Å². The van der Waals surface area contributed by atoms with Crippen LogP contribution in [0.2, 0.25) is 0 Å². The van der Waals surface area contributed by atoms with Crippen molar-refractivity contribution in [3.8, 4) is 0 Å². The molecule has 7 atom stereocenters. The highest BCUT2D eigenvalue weighted by Gasteiger charge is 2.58. The number of nitrogens with zero attached hydrogens (tertiary/aromatic N) is 1. The highest BCUT2D eigenvalue weighted by molar-refractivity contribution is 6.03. The van der Waals surface area contributed by atoms with E-state index in [-0.39, 0.29) is 47.2 Å². The SMILES string of the molecule is C/C=C/[C@H]1C(C)=C[C@@]2(C)C[C@H](C)CC[C@H]2[C@]1(C)/C(O)=C1\C(=O)C(CCC(=O)O)N(C)C1O. The maximum atomic E-state index is 13.4. The highest BCUT2D eigenvalue weighted by atomic mass is 16.4. The summed E-state index contributed by atoms with van der Waals surface area (Å²) in [6.45, 7) is 10.6. The Balaban J connectivity index is 2.15. The second-order valence-corrected chi connectivity index (χ2v) is 10.7. The molecule has 6 nitrogen and oxygen atoms in total. The molecule has 0 bridgehead atoms. The fourth-order valence-corrected chi connectivity index (χ4v) is 7.07. The number of ketones is 1. The number of hydrogen-bond acceptors (Lipinski definition) is 5. The molecule has 2 fully saturated rings. The Morgan fingerprint density at radius 3 is 2.53 bits per heavy atom. The zero-order valence-electron chi connectivity index (χ0n) is 20.3. The molecular weight excluding hydrogens is 406 g/mol. The van der Waals surface area contributed by atoms with Gasteiger partial charge in [0.05, 0.1) is 11.6 Å². The Bertz CT molecular complexity index is 873. The third-order valence-corrected chi connectivity index (χ3v) is 8.44. The number of rotatable bonds is 5. The Morgan fingerprint density at radius 1 is 1.28 bits per heavy atom. The molecule has 3 N–H and O–H groups in total. The van der Waals surface area contributed by atoms with Crippen LogP contribution in [-0.2, 0) is 9.59 Å². The lowest BCUT2D eigenvalue weighted by Crippen LogP contribution is -2.51. The molecule has 0 aromatic heterocycles. The summed E-state index contributed by atoms with van der Waals surface area (Å²) in [4.78, 5) is 25.9. The van der Waals surface area contributed by atoms with Gasteiger partial charge in [0.15, 0.2) is 5.78 Å². The lowest BCUT2D eigenvalue weighted by atomic mass is 9.47. The van der Waals surface area contributed by atoms with E-state index in [9.17, 15) is 19.8 Å². The van der Waals surface area contributed by atoms with Gasteiger partial charge < -0.3 is 15.3 Å². The van der Waals surface area contributed by atoms with Crippen LogP contribution in [0.25, 0.3) is 0 Å². The van der Waals surface area contributed by atoms with E-state index in [4.69, 9.17) is 5.11 Å². The first-order chi connectivity index (χ1) is 14.9. The van der Waals surface area contributed by atoms with E-state index in [0.29, 0.717) is 5.92 Å². The second-order valence-electron chi connectivity index (χ2n) is 10.7. The van der Waals surface area contributed by atoms with E-state index in [0.717, 1.165) is 19.3 Å². The molecule has 1 heterocycles. The monoisotopic (exact) mass is 445 g/mol. The number of Topliss-reactive ketones (excluding diaryl/α,β-unsaturated/α-hetero) is 1. The summed E-state index contributed by atoms with van der Waals surface area (Å²) < 4.78 is 0. The molecule has 0 amide bonds. The predicted octanol–water partition coefficient (Wildman–Crippen LogP) is 4.47. The van der Waals surface area contributed by atoms with Gasteiger partial charge in [-0.15, -0.1) is 0 Å². The molecule has 0 aromatic rings. The Kier molecular flexibility index (Phi) is 6.79. The van der Waals surface area contributed by atoms with Crippen molar-refractivity contribution in [3.63, 3.8) is 0 Å². The van der Waals surface area contributed by atoms with Gasteiger partial charge in [-0.25, -0.2) is 0 Å². The zero-order valence-corrected chi connectivity index (χ0v) is 20.3. The van der Waals surface area contributed by atoms with Gasteiger partial charge in [0.1, 0.15) is 12.0 Å². The summed E-state index contributed by atoms with van der Waals surface area (Å²) in [6.07, 6.45) is 8.16. The molecular formula is C26H39NO5. The van der Waals surface area contributed by atoms with Crippen molar-refractivity contribution in [1.82, 2.24) is 4.90 Å². The number of hydrogen-bond donors (Lipinski definition) is 3. The molecule has 0 radical (unpaired) electrons. The normalized spacial score (nSPS) is 42.2. The van der Waals surface area contributed by atoms with Crippen LogP contribution in [0.1, 0.15) is 66.7 Å². The lowest BCUT2D eigenvalue weighted by molar-refractivity contribution is -0.137. The summed E-state index contributed by atoms with van der Waals surface area (Å²) in [5.74, 6) is -0.759. The predicted molar refractivity (Wildman–Crippen MR) is 124 cm³/mol. The van der Waals surface area contributed by atoms with Crippen molar-refractivity contribution in [2.45, 2.75) is 79.0 Å². The van der Waals surface area contributed by atoms with Crippen LogP contribution in [0.5, 0.6) is 0 Å². The summed E-state index contributed by atoms with van der Waals surface area (Å²) in [5.41, 5.74) is 0.357. The number of aliphatic carboxylic acids is 1. The van der Waals surface area contributed by atoms with Crippen molar-refractivity contribution in [2.24, 2.45) is 28.6 Å². The average Bonchev–Trinajstić information content (AvgIpc) is 2.90. The van der Waals surface area contributed by atoms with Crippen molar-refractivity contribution >= 4 is 11.8 Å². The van der Waals surface area contributed by atoms with Gasteiger partial charge in [-0.3, -0.25) is 14.5 Å². The molecule has 3 aliphatic rings. The van der Waals surface area contributed by atoms with Gasteiger partial charge in [0, 0.05) is 17.8 Å². The van der Waals surface area contributed by atoms with Crippen LogP contribution in [0.15, 0.2) is 35.1 Å². The number of carbonyl (C=O) groups excluding carboxylic acids is 1. The minimum Gasteiger partial charge on any atom is -0.511 e. The zero-order chi connectivity index (χ0) is 24.0. The summed E-state index contributed by atoms with van der Waals surface area (Å²) >= 11 is 0. The van der Waals surface area contributed by atoms with Gasteiger partial charge in [0.25, 0.3) is 0 Å². The Hall–Kier alpha value is -1.92. The van der Waals surface area contributed by atoms with Crippen LogP contribution in [0.3, 0.4) is 0 Å². The summed E-state index contributed by atoms with van der Waals surface area (Å²) in [7, 11) is 1.61. The molecule has 178 valence electrons. The minimum atomic E-state index is -1.25. The van der Waals surface area contributed by atoms with E-state index in [2.05, 4.69) is 32.9 Å². The minimum absolute atomic E-state index is 0.0268. The number of likely N-dealkylation sites (tertiary alicyclic amines) is 1. The molecule has 0 spiro atoms. The molecule has 1 saturated heterocycles. The third kappa shape index (κ3) is 3.86. The average molecular weight is 446 g/mol. The second kappa shape index (κ2) is 8.79. The number of fused-ring (bicyclic) bond motifs is 1. The first-order valence-electron chi connectivity index (χ1n) is 11.8. The van der Waals surface area contributed by atoms with Gasteiger partial charge in [-0.05, 0) is 57.4 Å². The summed E-state index contributed by atoms with van der Waals surface area (Å²) in [6, 6.07) is -0.750. The number of likely N-dealkylation sites (N-methyl/N-ethyl adjacent to an activating group) is 1. The quantitative estimate of drug-likeness (QED) is 0.328. The standard InChI is InChI=1S/C26H39NO5/c1-7-8-17-16(3)14-25(4)13-15(2)9-11-19(25)26(17,5)23(31)21-22(30)18(10-12-20(28)29)27(6)24(21)32/h7-8,14-15,17-19,24,31-32H,9-13H2,1-6H3,(H,28,29)/b8-7+,23-21-/t15-,17+,18?,19-,24?,25-,26-/m1/s1. The van der Waals surface area contributed by atoms with E-state index >= 15 is 0 Å². The van der Waals surface area contributed by atoms with E-state index in [1.54, 1.807) is 7.05 Å². The van der Waals surface area contributed by atoms with E-state index in [1.165, 1.54) is 10.5 Å². The molecule has 2 unspecified atom stereocenters. The van der Waals surface area contributed by atoms with Crippen molar-refractivity contribution < 1.29 is 24.9 Å². The van der Waals surface area contributed by atoms with Gasteiger partial charge in [-0.1, -0.05) is 51.0 Å². The van der Waals surface area contributed by atoms with Crippen molar-refractivity contribution in [2.75, 3.05) is 7.05 Å². The highest BCUT2D eigenvalue weighted by Crippen LogP contribution is 2.63. The van der Waals surface area contributed by atoms with Crippen LogP contribution < -0.4 is 0 Å². The largest absolute Gasteiger partial charge is 0.511 e. The number of allylic oxidation sites excluding steroid dienone is 5. The van der Waals surface area contributed by atoms with Crippen LogP contribution in [0.4, 0.5) is 0 Å². The number of carbonyl (C=O) groups is 2. The van der Waals surface area contributed by atoms with Crippen LogP contribution in [-0.4, -0.2) is 51.3 Å². The number of carboxylic acids is 1. The van der Waals surface area contributed by atoms with Crippen LogP contribution in [0, 0.1) is 28.6 Å². The van der Waals surface area contributed by atoms with Gasteiger partial charge in [0.2, 0.25) is 0 Å². The summed E-state index contributed by atoms with van der Waals surface area (Å²) in [5, 5.41) is 31.9. The van der Waals surface area contributed by atoms with E-state index in [1.807, 2.05) is 19.9 Å². The Morgan fingerprint density at radius 2 is 1.94 bits per heavy atom. The van der Waals surface area contributed by atoms with Gasteiger partial charge in [-0.2, -0.15) is 0 Å². The lowest BCUT2D eigenvalue weighted by Gasteiger charge is -2.57. The molecule has 1 saturated carbocycles. The first kappa shape index (κ1) is 24.7. The molecule has 0 aromatic carbocycles.